The molecular weight excluding hydrogens is 368 g/mol. The zero-order chi connectivity index (χ0) is 20.0. The number of halogens is 1. The Labute approximate surface area is 163 Å². The van der Waals surface area contributed by atoms with Crippen LogP contribution in [0.25, 0.3) is 0 Å². The smallest absolute Gasteiger partial charge is 0.329 e. The fraction of sp³-hybridized carbons (Fsp3) is 0.250. The number of ether oxygens (including phenoxy) is 1. The third-order valence-electron chi connectivity index (χ3n) is 3.82. The molecule has 0 saturated heterocycles. The summed E-state index contributed by atoms with van der Waals surface area (Å²) in [6, 6.07) is 14.3. The average Bonchev–Trinajstić information content (AvgIpc) is 2.66. The Hall–Kier alpha value is -2.86. The van der Waals surface area contributed by atoms with Gasteiger partial charge in [-0.15, -0.1) is 0 Å². The molecule has 27 heavy (non-hydrogen) atoms. The van der Waals surface area contributed by atoms with Crippen molar-refractivity contribution in [3.8, 4) is 0 Å². The highest BCUT2D eigenvalue weighted by Gasteiger charge is 2.29. The van der Waals surface area contributed by atoms with Crippen LogP contribution in [-0.2, 0) is 14.3 Å². The number of likely N-dealkylation sites (N-methyl/N-ethyl adjacent to an activating group) is 1. The Morgan fingerprint density at radius 2 is 1.59 bits per heavy atom. The molecule has 2 aromatic carbocycles. The van der Waals surface area contributed by atoms with Gasteiger partial charge in [-0.25, -0.2) is 4.79 Å². The van der Waals surface area contributed by atoms with Gasteiger partial charge in [0.25, 0.3) is 11.8 Å². The minimum atomic E-state index is -1.09. The Kier molecular flexibility index (Phi) is 6.96. The molecule has 0 aliphatic carbocycles. The predicted molar refractivity (Wildman–Crippen MR) is 102 cm³/mol. The highest BCUT2D eigenvalue weighted by molar-refractivity contribution is 6.33. The maximum Gasteiger partial charge on any atom is 0.329 e. The highest BCUT2D eigenvalue weighted by Crippen LogP contribution is 2.20. The Morgan fingerprint density at radius 3 is 2.19 bits per heavy atom. The third-order valence-corrected chi connectivity index (χ3v) is 4.15. The number of nitrogens with one attached hydrogen (secondary N) is 1. The number of esters is 1. The van der Waals surface area contributed by atoms with Gasteiger partial charge < -0.3 is 15.0 Å². The second kappa shape index (κ2) is 9.19. The molecule has 0 heterocycles. The second-order valence-electron chi connectivity index (χ2n) is 6.14. The minimum Gasteiger partial charge on any atom is -0.446 e. The van der Waals surface area contributed by atoms with E-state index in [1.54, 1.807) is 68.7 Å². The molecule has 2 amide bonds. The van der Waals surface area contributed by atoms with Gasteiger partial charge in [-0.3, -0.25) is 9.59 Å². The first-order valence-corrected chi connectivity index (χ1v) is 8.71. The van der Waals surface area contributed by atoms with E-state index in [0.29, 0.717) is 5.56 Å². The maximum atomic E-state index is 12.5. The number of hydrogen-bond acceptors (Lipinski definition) is 4. The van der Waals surface area contributed by atoms with Crippen LogP contribution in [0.5, 0.6) is 0 Å². The summed E-state index contributed by atoms with van der Waals surface area (Å²) in [6.07, 6.45) is -1.09. The Morgan fingerprint density at radius 1 is 1.00 bits per heavy atom. The first kappa shape index (κ1) is 20.5. The number of amides is 2. The van der Waals surface area contributed by atoms with Crippen LogP contribution in [0.2, 0.25) is 5.02 Å². The van der Waals surface area contributed by atoms with Gasteiger partial charge in [-0.05, 0) is 19.1 Å². The van der Waals surface area contributed by atoms with Crippen LogP contribution in [0, 0.1) is 0 Å². The van der Waals surface area contributed by atoms with E-state index in [0.717, 1.165) is 0 Å². The van der Waals surface area contributed by atoms with Gasteiger partial charge >= 0.3 is 5.97 Å². The van der Waals surface area contributed by atoms with Gasteiger partial charge in [0.15, 0.2) is 0 Å². The van der Waals surface area contributed by atoms with Gasteiger partial charge in [-0.1, -0.05) is 54.1 Å². The summed E-state index contributed by atoms with van der Waals surface area (Å²) in [7, 11) is 3.16. The van der Waals surface area contributed by atoms with Crippen LogP contribution in [0.3, 0.4) is 0 Å². The lowest BCUT2D eigenvalue weighted by molar-refractivity contribution is -0.161. The molecule has 7 heteroatoms. The summed E-state index contributed by atoms with van der Waals surface area (Å²) < 4.78 is 5.41. The molecule has 2 atom stereocenters. The van der Waals surface area contributed by atoms with E-state index in [4.69, 9.17) is 16.3 Å². The predicted octanol–water partition coefficient (Wildman–Crippen LogP) is 2.83. The number of carbonyl (C=O) groups is 3. The topological polar surface area (TPSA) is 75.7 Å². The van der Waals surface area contributed by atoms with E-state index in [2.05, 4.69) is 5.32 Å². The number of rotatable bonds is 6. The highest BCUT2D eigenvalue weighted by atomic mass is 35.5. The van der Waals surface area contributed by atoms with Gasteiger partial charge in [0.1, 0.15) is 6.04 Å². The van der Waals surface area contributed by atoms with Crippen molar-refractivity contribution in [3.05, 3.63) is 70.7 Å². The SMILES string of the molecule is C[C@H](NC(=O)c1ccccc1Cl)C(=O)O[C@H](C(=O)N(C)C)c1ccccc1. The molecule has 0 aliphatic heterocycles. The molecule has 6 nitrogen and oxygen atoms in total. The quantitative estimate of drug-likeness (QED) is 0.772. The van der Waals surface area contributed by atoms with Crippen molar-refractivity contribution >= 4 is 29.4 Å². The third kappa shape index (κ3) is 5.31. The van der Waals surface area contributed by atoms with E-state index in [9.17, 15) is 14.4 Å². The van der Waals surface area contributed by atoms with Crippen LogP contribution in [0.15, 0.2) is 54.6 Å². The Bertz CT molecular complexity index is 824. The van der Waals surface area contributed by atoms with Crippen LogP contribution in [-0.4, -0.2) is 42.8 Å². The zero-order valence-electron chi connectivity index (χ0n) is 15.3. The summed E-state index contributed by atoms with van der Waals surface area (Å²) in [5.74, 6) is -1.60. The fourth-order valence-electron chi connectivity index (χ4n) is 2.32. The summed E-state index contributed by atoms with van der Waals surface area (Å²) in [5, 5.41) is 2.82. The van der Waals surface area contributed by atoms with Crippen molar-refractivity contribution in [2.24, 2.45) is 0 Å². The number of hydrogen-bond donors (Lipinski definition) is 1. The molecule has 0 aliphatic rings. The van der Waals surface area contributed by atoms with E-state index in [1.165, 1.54) is 11.8 Å². The zero-order valence-corrected chi connectivity index (χ0v) is 16.1. The van der Waals surface area contributed by atoms with Crippen molar-refractivity contribution in [3.63, 3.8) is 0 Å². The van der Waals surface area contributed by atoms with Crippen LogP contribution in [0.4, 0.5) is 0 Å². The Balaban J connectivity index is 2.11. The number of carbonyl (C=O) groups excluding carboxylic acids is 3. The maximum absolute atomic E-state index is 12.5. The van der Waals surface area contributed by atoms with Gasteiger partial charge in [0.05, 0.1) is 10.6 Å². The van der Waals surface area contributed by atoms with E-state index >= 15 is 0 Å². The molecule has 142 valence electrons. The van der Waals surface area contributed by atoms with E-state index in [1.807, 2.05) is 0 Å². The lowest BCUT2D eigenvalue weighted by Gasteiger charge is -2.23. The normalized spacial score (nSPS) is 12.6. The molecule has 0 fully saturated rings. The molecule has 1 N–H and O–H groups in total. The molecule has 0 radical (unpaired) electrons. The molecule has 0 spiro atoms. The fourth-order valence-corrected chi connectivity index (χ4v) is 2.54. The van der Waals surface area contributed by atoms with E-state index < -0.39 is 24.0 Å². The summed E-state index contributed by atoms with van der Waals surface area (Å²) in [4.78, 5) is 38.5. The second-order valence-corrected chi connectivity index (χ2v) is 6.54. The monoisotopic (exact) mass is 388 g/mol. The van der Waals surface area contributed by atoms with Crippen LogP contribution < -0.4 is 5.32 Å². The van der Waals surface area contributed by atoms with Crippen LogP contribution in [0.1, 0.15) is 28.9 Å². The van der Waals surface area contributed by atoms with Crippen molar-refractivity contribution in [2.45, 2.75) is 19.1 Å². The van der Waals surface area contributed by atoms with Crippen molar-refractivity contribution in [2.75, 3.05) is 14.1 Å². The average molecular weight is 389 g/mol. The lowest BCUT2D eigenvalue weighted by Crippen LogP contribution is -2.41. The molecule has 2 rings (SSSR count). The van der Waals surface area contributed by atoms with Crippen molar-refractivity contribution in [1.82, 2.24) is 10.2 Å². The minimum absolute atomic E-state index is 0.253. The molecular formula is C20H21ClN2O4. The summed E-state index contributed by atoms with van der Waals surface area (Å²) in [5.41, 5.74) is 0.803. The summed E-state index contributed by atoms with van der Waals surface area (Å²) >= 11 is 6.00. The van der Waals surface area contributed by atoms with Gasteiger partial charge in [0, 0.05) is 19.7 Å². The largest absolute Gasteiger partial charge is 0.446 e. The standard InChI is InChI=1S/C20H21ClN2O4/c1-13(22-18(24)15-11-7-8-12-16(15)21)20(26)27-17(19(25)23(2)3)14-9-5-4-6-10-14/h4-13,17H,1-3H3,(H,22,24)/t13-,17-/m0/s1. The first-order valence-electron chi connectivity index (χ1n) is 8.33. The van der Waals surface area contributed by atoms with Crippen molar-refractivity contribution < 1.29 is 19.1 Å². The van der Waals surface area contributed by atoms with Crippen molar-refractivity contribution in [1.29, 1.82) is 0 Å². The van der Waals surface area contributed by atoms with Gasteiger partial charge in [0.2, 0.25) is 6.10 Å². The molecule has 2 aromatic rings. The number of benzene rings is 2. The van der Waals surface area contributed by atoms with Crippen LogP contribution >= 0.6 is 11.6 Å². The van der Waals surface area contributed by atoms with E-state index in [-0.39, 0.29) is 16.5 Å². The first-order chi connectivity index (χ1) is 12.8. The molecule has 0 saturated carbocycles. The number of nitrogens with zero attached hydrogens (tertiary/aromatic N) is 1. The molecule has 0 unspecified atom stereocenters. The molecule has 0 aromatic heterocycles. The summed E-state index contributed by atoms with van der Waals surface area (Å²) in [6.45, 7) is 1.49. The molecule has 0 bridgehead atoms. The lowest BCUT2D eigenvalue weighted by atomic mass is 10.1. The van der Waals surface area contributed by atoms with Gasteiger partial charge in [-0.2, -0.15) is 0 Å².